The van der Waals surface area contributed by atoms with E-state index in [1.165, 1.54) is 4.90 Å². The molecule has 4 heteroatoms. The molecule has 0 N–H and O–H groups in total. The van der Waals surface area contributed by atoms with Crippen molar-refractivity contribution < 1.29 is 9.47 Å². The molecule has 1 unspecified atom stereocenters. The molecule has 0 aromatic heterocycles. The van der Waals surface area contributed by atoms with Gasteiger partial charge in [0.15, 0.2) is 5.60 Å². The lowest BCUT2D eigenvalue weighted by Crippen LogP contribution is -2.33. The number of hydrogen-bond acceptors (Lipinski definition) is 4. The zero-order valence-electron chi connectivity index (χ0n) is 15.2. The Morgan fingerprint density at radius 3 is 2.26 bits per heavy atom. The fourth-order valence-electron chi connectivity index (χ4n) is 3.10. The molecule has 4 rings (SSSR count). The number of rotatable bonds is 6. The first-order valence-electron chi connectivity index (χ1n) is 8.90. The maximum atomic E-state index is 6.50. The molecular formula is C23H21NO2S. The first-order chi connectivity index (χ1) is 13.3. The third-order valence-corrected chi connectivity index (χ3v) is 5.84. The van der Waals surface area contributed by atoms with Crippen LogP contribution < -0.4 is 4.74 Å². The maximum Gasteiger partial charge on any atom is 0.217 e. The van der Waals surface area contributed by atoms with Crippen LogP contribution in [-0.4, -0.2) is 25.3 Å². The van der Waals surface area contributed by atoms with Crippen molar-refractivity contribution in [2.45, 2.75) is 10.5 Å². The number of nitrogens with zero attached hydrogens (tertiary/aromatic N) is 1. The molecule has 136 valence electrons. The summed E-state index contributed by atoms with van der Waals surface area (Å²) < 4.78 is 11.8. The minimum absolute atomic E-state index is 0.488. The molecule has 3 aromatic carbocycles. The van der Waals surface area contributed by atoms with Crippen molar-refractivity contribution in [3.8, 4) is 5.75 Å². The van der Waals surface area contributed by atoms with Crippen LogP contribution >= 0.6 is 11.8 Å². The Hall–Kier alpha value is -2.72. The predicted molar refractivity (Wildman–Crippen MR) is 111 cm³/mol. The second-order valence-corrected chi connectivity index (χ2v) is 7.46. The Morgan fingerprint density at radius 1 is 0.926 bits per heavy atom. The molecule has 0 bridgehead atoms. The summed E-state index contributed by atoms with van der Waals surface area (Å²) >= 11 is 1.79. The van der Waals surface area contributed by atoms with Gasteiger partial charge in [0, 0.05) is 16.2 Å². The number of ether oxygens (including phenoxy) is 2. The molecule has 0 saturated carbocycles. The summed E-state index contributed by atoms with van der Waals surface area (Å²) in [7, 11) is 1.68. The summed E-state index contributed by atoms with van der Waals surface area (Å²) in [6, 6.07) is 28.6. The standard InChI is InChI=1S/C23H21NO2S/c1-25-20-14-12-19(13-15-20)23(17-27-21-10-6-3-7-11-21)16-24-22(26-23)18-8-4-2-5-9-18/h2-15H,16-17H2,1H3. The Balaban J connectivity index is 1.61. The number of hydrogen-bond donors (Lipinski definition) is 0. The van der Waals surface area contributed by atoms with E-state index in [0.29, 0.717) is 12.4 Å². The SMILES string of the molecule is COc1ccc(C2(CSc3ccccc3)CN=C(c3ccccc3)O2)cc1. The summed E-state index contributed by atoms with van der Waals surface area (Å²) in [6.45, 7) is 0.601. The number of benzene rings is 3. The molecule has 27 heavy (non-hydrogen) atoms. The fraction of sp³-hybridized carbons (Fsp3) is 0.174. The zero-order chi connectivity index (χ0) is 18.5. The minimum Gasteiger partial charge on any atom is -0.497 e. The monoisotopic (exact) mass is 375 g/mol. The van der Waals surface area contributed by atoms with Gasteiger partial charge in [0.25, 0.3) is 0 Å². The van der Waals surface area contributed by atoms with Gasteiger partial charge in [-0.25, -0.2) is 4.99 Å². The lowest BCUT2D eigenvalue weighted by atomic mass is 9.96. The van der Waals surface area contributed by atoms with E-state index < -0.39 is 5.60 Å². The lowest BCUT2D eigenvalue weighted by Gasteiger charge is -2.29. The molecule has 3 aromatic rings. The van der Waals surface area contributed by atoms with Crippen molar-refractivity contribution in [1.82, 2.24) is 0 Å². The maximum absolute atomic E-state index is 6.50. The predicted octanol–water partition coefficient (Wildman–Crippen LogP) is 5.16. The van der Waals surface area contributed by atoms with Gasteiger partial charge in [-0.05, 0) is 42.0 Å². The molecule has 0 aliphatic carbocycles. The van der Waals surface area contributed by atoms with E-state index in [0.717, 1.165) is 22.6 Å². The summed E-state index contributed by atoms with van der Waals surface area (Å²) in [5.41, 5.74) is 1.64. The first-order valence-corrected chi connectivity index (χ1v) is 9.89. The Labute approximate surface area is 164 Å². The van der Waals surface area contributed by atoms with E-state index in [1.54, 1.807) is 18.9 Å². The second kappa shape index (κ2) is 7.89. The van der Waals surface area contributed by atoms with Crippen molar-refractivity contribution >= 4 is 17.7 Å². The van der Waals surface area contributed by atoms with Gasteiger partial charge in [0.2, 0.25) is 5.90 Å². The summed E-state index contributed by atoms with van der Waals surface area (Å²) in [6.07, 6.45) is 0. The van der Waals surface area contributed by atoms with Crippen LogP contribution in [0.5, 0.6) is 5.75 Å². The molecule has 1 aliphatic rings. The Kier molecular flexibility index (Phi) is 5.16. The van der Waals surface area contributed by atoms with E-state index in [4.69, 9.17) is 14.5 Å². The summed E-state index contributed by atoms with van der Waals surface area (Å²) in [4.78, 5) is 5.96. The minimum atomic E-state index is -0.488. The Bertz CT molecular complexity index is 910. The van der Waals surface area contributed by atoms with Gasteiger partial charge in [-0.15, -0.1) is 11.8 Å². The first kappa shape index (κ1) is 17.7. The van der Waals surface area contributed by atoms with E-state index in [9.17, 15) is 0 Å². The van der Waals surface area contributed by atoms with Gasteiger partial charge in [0.05, 0.1) is 13.7 Å². The molecule has 1 aliphatic heterocycles. The van der Waals surface area contributed by atoms with Crippen molar-refractivity contribution in [3.05, 3.63) is 96.1 Å². The van der Waals surface area contributed by atoms with Crippen LogP contribution in [0.15, 0.2) is 94.8 Å². The molecule has 0 fully saturated rings. The quantitative estimate of drug-likeness (QED) is 0.558. The number of thioether (sulfide) groups is 1. The van der Waals surface area contributed by atoms with Crippen LogP contribution in [0.2, 0.25) is 0 Å². The topological polar surface area (TPSA) is 30.8 Å². The lowest BCUT2D eigenvalue weighted by molar-refractivity contribution is 0.114. The highest BCUT2D eigenvalue weighted by molar-refractivity contribution is 7.99. The highest BCUT2D eigenvalue weighted by Crippen LogP contribution is 2.38. The van der Waals surface area contributed by atoms with E-state index >= 15 is 0 Å². The largest absolute Gasteiger partial charge is 0.497 e. The van der Waals surface area contributed by atoms with Crippen molar-refractivity contribution in [3.63, 3.8) is 0 Å². The second-order valence-electron chi connectivity index (χ2n) is 6.41. The van der Waals surface area contributed by atoms with Crippen molar-refractivity contribution in [1.29, 1.82) is 0 Å². The summed E-state index contributed by atoms with van der Waals surface area (Å²) in [5, 5.41) is 0. The molecule has 1 heterocycles. The molecule has 0 radical (unpaired) electrons. The van der Waals surface area contributed by atoms with Gasteiger partial charge < -0.3 is 9.47 Å². The molecule has 0 saturated heterocycles. The number of aliphatic imine (C=N–C) groups is 1. The van der Waals surface area contributed by atoms with Crippen molar-refractivity contribution in [2.24, 2.45) is 4.99 Å². The van der Waals surface area contributed by atoms with Crippen LogP contribution in [-0.2, 0) is 10.3 Å². The van der Waals surface area contributed by atoms with Crippen LogP contribution in [0.1, 0.15) is 11.1 Å². The van der Waals surface area contributed by atoms with E-state index in [-0.39, 0.29) is 0 Å². The molecule has 0 amide bonds. The average Bonchev–Trinajstić information content (AvgIpc) is 3.19. The van der Waals surface area contributed by atoms with Crippen LogP contribution in [0.25, 0.3) is 0 Å². The molecule has 0 spiro atoms. The van der Waals surface area contributed by atoms with Gasteiger partial charge in [-0.2, -0.15) is 0 Å². The average molecular weight is 375 g/mol. The van der Waals surface area contributed by atoms with Crippen LogP contribution in [0.4, 0.5) is 0 Å². The van der Waals surface area contributed by atoms with Gasteiger partial charge in [-0.3, -0.25) is 0 Å². The molecule has 1 atom stereocenters. The van der Waals surface area contributed by atoms with Gasteiger partial charge in [0.1, 0.15) is 5.75 Å². The van der Waals surface area contributed by atoms with E-state index in [1.807, 2.05) is 48.5 Å². The molecule has 3 nitrogen and oxygen atoms in total. The van der Waals surface area contributed by atoms with Crippen molar-refractivity contribution in [2.75, 3.05) is 19.4 Å². The van der Waals surface area contributed by atoms with Crippen LogP contribution in [0.3, 0.4) is 0 Å². The van der Waals surface area contributed by atoms with Gasteiger partial charge >= 0.3 is 0 Å². The van der Waals surface area contributed by atoms with Gasteiger partial charge in [-0.1, -0.05) is 48.5 Å². The van der Waals surface area contributed by atoms with E-state index in [2.05, 4.69) is 36.4 Å². The fourth-order valence-corrected chi connectivity index (χ4v) is 4.17. The summed E-state index contributed by atoms with van der Waals surface area (Å²) in [5.74, 6) is 2.33. The Morgan fingerprint density at radius 2 is 1.59 bits per heavy atom. The van der Waals surface area contributed by atoms with Crippen LogP contribution in [0, 0.1) is 0 Å². The molecular weight excluding hydrogens is 354 g/mol. The highest BCUT2D eigenvalue weighted by atomic mass is 32.2. The smallest absolute Gasteiger partial charge is 0.217 e. The third-order valence-electron chi connectivity index (χ3n) is 4.62. The normalized spacial score (nSPS) is 18.6. The number of methoxy groups -OCH3 is 1. The highest BCUT2D eigenvalue weighted by Gasteiger charge is 2.40. The zero-order valence-corrected chi connectivity index (χ0v) is 16.0. The third kappa shape index (κ3) is 3.86.